The van der Waals surface area contributed by atoms with Gasteiger partial charge in [-0.05, 0) is 44.9 Å². The summed E-state index contributed by atoms with van der Waals surface area (Å²) in [6.45, 7) is 5.91. The summed E-state index contributed by atoms with van der Waals surface area (Å²) in [5, 5.41) is 1.16. The number of piperidine rings is 1. The fraction of sp³-hybridized carbons (Fsp3) is 0.444. The minimum Gasteiger partial charge on any atom is -0.454 e. The second-order valence-corrected chi connectivity index (χ2v) is 7.59. The number of carbonyl (C=O) groups is 1. The molecule has 0 radical (unpaired) electrons. The molecule has 1 fully saturated rings. The number of thiazole rings is 1. The van der Waals surface area contributed by atoms with Gasteiger partial charge in [0.15, 0.2) is 11.5 Å². The highest BCUT2D eigenvalue weighted by molar-refractivity contribution is 7.11. The highest BCUT2D eigenvalue weighted by Crippen LogP contribution is 2.34. The van der Waals surface area contributed by atoms with Gasteiger partial charge in [-0.3, -0.25) is 4.79 Å². The molecule has 0 unspecified atom stereocenters. The zero-order valence-electron chi connectivity index (χ0n) is 13.9. The molecule has 1 amide bonds. The molecule has 5 nitrogen and oxygen atoms in total. The van der Waals surface area contributed by atoms with Crippen LogP contribution >= 0.6 is 11.3 Å². The minimum atomic E-state index is 0.0583. The smallest absolute Gasteiger partial charge is 0.254 e. The molecule has 1 atom stereocenters. The summed E-state index contributed by atoms with van der Waals surface area (Å²) in [5.74, 6) is 1.76. The molecule has 1 saturated heterocycles. The van der Waals surface area contributed by atoms with Crippen molar-refractivity contribution in [2.75, 3.05) is 19.9 Å². The van der Waals surface area contributed by atoms with E-state index in [0.29, 0.717) is 23.0 Å². The van der Waals surface area contributed by atoms with Crippen molar-refractivity contribution in [1.29, 1.82) is 0 Å². The van der Waals surface area contributed by atoms with E-state index in [4.69, 9.17) is 14.5 Å². The van der Waals surface area contributed by atoms with Gasteiger partial charge in [0.2, 0.25) is 6.79 Å². The zero-order chi connectivity index (χ0) is 16.7. The van der Waals surface area contributed by atoms with Crippen LogP contribution in [0.5, 0.6) is 11.5 Å². The van der Waals surface area contributed by atoms with E-state index in [-0.39, 0.29) is 12.7 Å². The lowest BCUT2D eigenvalue weighted by Crippen LogP contribution is -2.39. The first-order chi connectivity index (χ1) is 11.6. The summed E-state index contributed by atoms with van der Waals surface area (Å²) in [6.07, 6.45) is 2.11. The normalized spacial score (nSPS) is 19.6. The second-order valence-electron chi connectivity index (χ2n) is 6.35. The minimum absolute atomic E-state index is 0.0583. The van der Waals surface area contributed by atoms with Gasteiger partial charge in [0.25, 0.3) is 5.91 Å². The van der Waals surface area contributed by atoms with Crippen molar-refractivity contribution >= 4 is 17.2 Å². The molecule has 0 spiro atoms. The second kappa shape index (κ2) is 6.09. The average Bonchev–Trinajstić information content (AvgIpc) is 3.20. The highest BCUT2D eigenvalue weighted by Gasteiger charge is 2.28. The topological polar surface area (TPSA) is 51.7 Å². The first-order valence-corrected chi connectivity index (χ1v) is 9.06. The Hall–Kier alpha value is -2.08. The van der Waals surface area contributed by atoms with Crippen LogP contribution in [0.25, 0.3) is 0 Å². The molecule has 0 aliphatic carbocycles. The van der Waals surface area contributed by atoms with Crippen molar-refractivity contribution in [3.63, 3.8) is 0 Å². The molecule has 0 saturated carbocycles. The van der Waals surface area contributed by atoms with Crippen molar-refractivity contribution in [1.82, 2.24) is 9.88 Å². The van der Waals surface area contributed by atoms with Gasteiger partial charge in [0.1, 0.15) is 0 Å². The number of amides is 1. The molecular formula is C18H20N2O3S. The van der Waals surface area contributed by atoms with E-state index in [1.54, 1.807) is 17.4 Å². The number of hydrogen-bond donors (Lipinski definition) is 0. The highest BCUT2D eigenvalue weighted by atomic mass is 32.1. The third-order valence-corrected chi connectivity index (χ3v) is 5.96. The van der Waals surface area contributed by atoms with Crippen LogP contribution in [0.3, 0.4) is 0 Å². The Labute approximate surface area is 145 Å². The van der Waals surface area contributed by atoms with Crippen LogP contribution in [0.15, 0.2) is 18.2 Å². The van der Waals surface area contributed by atoms with Gasteiger partial charge in [-0.1, -0.05) is 0 Å². The zero-order valence-corrected chi connectivity index (χ0v) is 14.7. The molecule has 2 aliphatic rings. The molecule has 3 heterocycles. The number of aromatic nitrogens is 1. The van der Waals surface area contributed by atoms with Crippen LogP contribution in [0.2, 0.25) is 0 Å². The summed E-state index contributed by atoms with van der Waals surface area (Å²) in [6, 6.07) is 5.41. The molecule has 24 heavy (non-hydrogen) atoms. The summed E-state index contributed by atoms with van der Waals surface area (Å²) < 4.78 is 10.7. The monoisotopic (exact) mass is 344 g/mol. The molecule has 1 aromatic heterocycles. The van der Waals surface area contributed by atoms with Crippen LogP contribution in [0, 0.1) is 13.8 Å². The molecule has 126 valence electrons. The van der Waals surface area contributed by atoms with Crippen molar-refractivity contribution in [3.8, 4) is 11.5 Å². The molecule has 6 heteroatoms. The van der Waals surface area contributed by atoms with Gasteiger partial charge in [-0.2, -0.15) is 0 Å². The van der Waals surface area contributed by atoms with Crippen LogP contribution in [0.1, 0.15) is 44.7 Å². The molecular weight excluding hydrogens is 324 g/mol. The lowest BCUT2D eigenvalue weighted by atomic mass is 9.98. The summed E-state index contributed by atoms with van der Waals surface area (Å²) in [4.78, 5) is 20.8. The number of likely N-dealkylation sites (tertiary alicyclic amines) is 1. The van der Waals surface area contributed by atoms with E-state index >= 15 is 0 Å². The fourth-order valence-electron chi connectivity index (χ4n) is 3.25. The quantitative estimate of drug-likeness (QED) is 0.836. The predicted octanol–water partition coefficient (Wildman–Crippen LogP) is 3.51. The van der Waals surface area contributed by atoms with Crippen molar-refractivity contribution < 1.29 is 14.3 Å². The maximum atomic E-state index is 12.9. The fourth-order valence-corrected chi connectivity index (χ4v) is 4.30. The Morgan fingerprint density at radius 2 is 2.12 bits per heavy atom. The Morgan fingerprint density at radius 3 is 2.92 bits per heavy atom. The molecule has 4 rings (SSSR count). The van der Waals surface area contributed by atoms with Gasteiger partial charge in [-0.15, -0.1) is 11.3 Å². The third kappa shape index (κ3) is 2.75. The summed E-state index contributed by atoms with van der Waals surface area (Å²) >= 11 is 1.76. The van der Waals surface area contributed by atoms with Gasteiger partial charge in [0.05, 0.1) is 10.7 Å². The number of benzene rings is 1. The SMILES string of the molecule is Cc1nc([C@H]2CCCN(C(=O)c3ccc4c(c3)OCO4)C2)sc1C. The molecule has 0 bridgehead atoms. The Kier molecular flexibility index (Phi) is 3.92. The maximum absolute atomic E-state index is 12.9. The van der Waals surface area contributed by atoms with Crippen molar-refractivity contribution in [3.05, 3.63) is 39.3 Å². The Morgan fingerprint density at radius 1 is 1.29 bits per heavy atom. The van der Waals surface area contributed by atoms with E-state index in [1.807, 2.05) is 24.0 Å². The lowest BCUT2D eigenvalue weighted by Gasteiger charge is -2.32. The van der Waals surface area contributed by atoms with Gasteiger partial charge < -0.3 is 14.4 Å². The Balaban J connectivity index is 1.52. The van der Waals surface area contributed by atoms with Gasteiger partial charge in [-0.25, -0.2) is 4.98 Å². The van der Waals surface area contributed by atoms with E-state index in [9.17, 15) is 4.79 Å². The number of nitrogens with zero attached hydrogens (tertiary/aromatic N) is 2. The predicted molar refractivity (Wildman–Crippen MR) is 92.0 cm³/mol. The molecule has 1 aromatic carbocycles. The first-order valence-electron chi connectivity index (χ1n) is 8.24. The number of fused-ring (bicyclic) bond motifs is 1. The van der Waals surface area contributed by atoms with Crippen molar-refractivity contribution in [2.45, 2.75) is 32.6 Å². The van der Waals surface area contributed by atoms with Gasteiger partial charge >= 0.3 is 0 Å². The van der Waals surface area contributed by atoms with Crippen LogP contribution in [0.4, 0.5) is 0 Å². The molecule has 2 aliphatic heterocycles. The van der Waals surface area contributed by atoms with E-state index in [0.717, 1.165) is 36.6 Å². The van der Waals surface area contributed by atoms with E-state index in [2.05, 4.69) is 6.92 Å². The standard InChI is InChI=1S/C18H20N2O3S/c1-11-12(2)24-17(19-11)14-4-3-7-20(9-14)18(21)13-5-6-15-16(8-13)23-10-22-15/h5-6,8,14H,3-4,7,9-10H2,1-2H3/t14-/m0/s1. The van der Waals surface area contributed by atoms with Crippen LogP contribution < -0.4 is 9.47 Å². The maximum Gasteiger partial charge on any atom is 0.254 e. The van der Waals surface area contributed by atoms with E-state index < -0.39 is 0 Å². The summed E-state index contributed by atoms with van der Waals surface area (Å²) in [5.41, 5.74) is 1.76. The van der Waals surface area contributed by atoms with Crippen LogP contribution in [-0.4, -0.2) is 35.7 Å². The van der Waals surface area contributed by atoms with Crippen molar-refractivity contribution in [2.24, 2.45) is 0 Å². The number of aryl methyl sites for hydroxylation is 2. The van der Waals surface area contributed by atoms with E-state index in [1.165, 1.54) is 4.88 Å². The molecule has 0 N–H and O–H groups in total. The number of ether oxygens (including phenoxy) is 2. The average molecular weight is 344 g/mol. The largest absolute Gasteiger partial charge is 0.454 e. The Bertz CT molecular complexity index is 767. The number of carbonyl (C=O) groups excluding carboxylic acids is 1. The first kappa shape index (κ1) is 15.4. The van der Waals surface area contributed by atoms with Crippen LogP contribution in [-0.2, 0) is 0 Å². The molecule has 2 aromatic rings. The summed E-state index contributed by atoms with van der Waals surface area (Å²) in [7, 11) is 0. The lowest BCUT2D eigenvalue weighted by molar-refractivity contribution is 0.0706. The number of hydrogen-bond acceptors (Lipinski definition) is 5. The third-order valence-electron chi connectivity index (χ3n) is 4.72. The van der Waals surface area contributed by atoms with Gasteiger partial charge in [0, 0.05) is 29.4 Å². The number of rotatable bonds is 2.